The fourth-order valence-corrected chi connectivity index (χ4v) is 3.76. The van der Waals surface area contributed by atoms with Gasteiger partial charge in [-0.2, -0.15) is 0 Å². The van der Waals surface area contributed by atoms with E-state index in [1.807, 2.05) is 52.4 Å². The van der Waals surface area contributed by atoms with E-state index in [9.17, 15) is 4.79 Å². The van der Waals surface area contributed by atoms with E-state index in [4.69, 9.17) is 14.2 Å². The molecular weight excluding hydrogens is 358 g/mol. The van der Waals surface area contributed by atoms with Crippen LogP contribution in [0.3, 0.4) is 0 Å². The molecule has 0 bridgehead atoms. The number of para-hydroxylation sites is 1. The van der Waals surface area contributed by atoms with Crippen molar-refractivity contribution in [1.29, 1.82) is 0 Å². The van der Waals surface area contributed by atoms with E-state index >= 15 is 0 Å². The third-order valence-corrected chi connectivity index (χ3v) is 5.03. The second-order valence-corrected chi connectivity index (χ2v) is 6.55. The highest BCUT2D eigenvalue weighted by atomic mass is 16.5. The van der Waals surface area contributed by atoms with Gasteiger partial charge in [-0.25, -0.2) is 9.80 Å². The van der Waals surface area contributed by atoms with E-state index in [1.165, 1.54) is 0 Å². The Labute approximate surface area is 164 Å². The van der Waals surface area contributed by atoms with Gasteiger partial charge in [0.25, 0.3) is 0 Å². The van der Waals surface area contributed by atoms with Gasteiger partial charge >= 0.3 is 5.97 Å². The second kappa shape index (κ2) is 7.42. The van der Waals surface area contributed by atoms with Gasteiger partial charge in [0.15, 0.2) is 17.7 Å². The number of nitrogens with zero attached hydrogens (tertiary/aromatic N) is 3. The van der Waals surface area contributed by atoms with Crippen LogP contribution in [0.4, 0.5) is 5.69 Å². The van der Waals surface area contributed by atoms with E-state index in [1.54, 1.807) is 21.1 Å². The molecule has 7 nitrogen and oxygen atoms in total. The highest BCUT2D eigenvalue weighted by Crippen LogP contribution is 2.43. The van der Waals surface area contributed by atoms with Gasteiger partial charge in [0.1, 0.15) is 0 Å². The highest BCUT2D eigenvalue weighted by molar-refractivity contribution is 6.36. The van der Waals surface area contributed by atoms with Crippen molar-refractivity contribution in [3.8, 4) is 11.5 Å². The maximum Gasteiger partial charge on any atom is 0.376 e. The molecule has 2 aromatic rings. The molecule has 146 valence electrons. The van der Waals surface area contributed by atoms with Crippen molar-refractivity contribution in [2.24, 2.45) is 5.10 Å². The molecule has 0 aromatic heterocycles. The Hall–Kier alpha value is -3.22. The summed E-state index contributed by atoms with van der Waals surface area (Å²) in [6.07, 6.45) is 0.526. The van der Waals surface area contributed by atoms with Crippen molar-refractivity contribution in [2.45, 2.75) is 19.5 Å². The summed E-state index contributed by atoms with van der Waals surface area (Å²) in [7, 11) is 3.25. The van der Waals surface area contributed by atoms with Crippen molar-refractivity contribution in [3.05, 3.63) is 53.6 Å². The van der Waals surface area contributed by atoms with Crippen LogP contribution in [-0.4, -0.2) is 44.1 Å². The Morgan fingerprint density at radius 1 is 1.14 bits per heavy atom. The third-order valence-electron chi connectivity index (χ3n) is 5.03. The van der Waals surface area contributed by atoms with Crippen LogP contribution in [0.15, 0.2) is 47.6 Å². The third kappa shape index (κ3) is 2.93. The normalized spacial score (nSPS) is 17.5. The van der Waals surface area contributed by atoms with Gasteiger partial charge in [-0.15, -0.1) is 5.10 Å². The first-order chi connectivity index (χ1) is 13.7. The van der Waals surface area contributed by atoms with Crippen molar-refractivity contribution in [3.63, 3.8) is 0 Å². The maximum atomic E-state index is 12.5. The van der Waals surface area contributed by atoms with E-state index in [2.05, 4.69) is 5.10 Å². The van der Waals surface area contributed by atoms with Crippen molar-refractivity contribution in [2.75, 3.05) is 32.4 Å². The van der Waals surface area contributed by atoms with Crippen molar-refractivity contribution >= 4 is 17.5 Å². The number of rotatable bonds is 5. The van der Waals surface area contributed by atoms with Crippen LogP contribution in [0.1, 0.15) is 24.2 Å². The van der Waals surface area contributed by atoms with Gasteiger partial charge in [0.2, 0.25) is 5.84 Å². The minimum Gasteiger partial charge on any atom is -0.493 e. The average Bonchev–Trinajstić information content (AvgIpc) is 3.13. The van der Waals surface area contributed by atoms with Gasteiger partial charge in [0, 0.05) is 12.1 Å². The van der Waals surface area contributed by atoms with Crippen molar-refractivity contribution in [1.82, 2.24) is 4.90 Å². The standard InChI is InChI=1S/C21H23N3O4/c1-4-28-21(25)19-22-24(15-8-6-5-7-9-15)20-16-13-18(27-3)17(26-2)12-14(16)10-11-23(19)20/h5-9,12-13,20H,4,10-11H2,1-3H3. The summed E-state index contributed by atoms with van der Waals surface area (Å²) in [6.45, 7) is 2.76. The molecule has 2 aromatic carbocycles. The van der Waals surface area contributed by atoms with Gasteiger partial charge in [-0.05, 0) is 43.2 Å². The number of carbonyl (C=O) groups is 1. The number of anilines is 1. The number of methoxy groups -OCH3 is 2. The Morgan fingerprint density at radius 2 is 1.86 bits per heavy atom. The Bertz CT molecular complexity index is 913. The number of amidine groups is 1. The Kier molecular flexibility index (Phi) is 4.81. The molecule has 2 aliphatic heterocycles. The molecule has 0 N–H and O–H groups in total. The zero-order chi connectivity index (χ0) is 19.7. The smallest absolute Gasteiger partial charge is 0.376 e. The molecule has 2 heterocycles. The zero-order valence-electron chi connectivity index (χ0n) is 16.2. The van der Waals surface area contributed by atoms with E-state index in [0.717, 1.165) is 23.2 Å². The molecule has 0 saturated heterocycles. The number of ether oxygens (including phenoxy) is 3. The molecule has 0 aliphatic carbocycles. The summed E-state index contributed by atoms with van der Waals surface area (Å²) < 4.78 is 16.2. The molecule has 4 rings (SSSR count). The number of hydrogen-bond donors (Lipinski definition) is 0. The van der Waals surface area contributed by atoms with E-state index in [0.29, 0.717) is 30.5 Å². The van der Waals surface area contributed by atoms with Crippen LogP contribution < -0.4 is 14.5 Å². The molecule has 0 radical (unpaired) electrons. The fourth-order valence-electron chi connectivity index (χ4n) is 3.76. The monoisotopic (exact) mass is 381 g/mol. The minimum absolute atomic E-state index is 0.245. The van der Waals surface area contributed by atoms with E-state index < -0.39 is 5.97 Å². The Morgan fingerprint density at radius 3 is 2.54 bits per heavy atom. The molecular formula is C21H23N3O4. The summed E-state index contributed by atoms with van der Waals surface area (Å²) in [4.78, 5) is 14.5. The molecule has 0 spiro atoms. The van der Waals surface area contributed by atoms with Gasteiger partial charge in [-0.3, -0.25) is 0 Å². The summed E-state index contributed by atoms with van der Waals surface area (Å²) in [6, 6.07) is 13.8. The molecule has 7 heteroatoms. The topological polar surface area (TPSA) is 63.6 Å². The number of benzene rings is 2. The Balaban J connectivity index is 1.83. The summed E-state index contributed by atoms with van der Waals surface area (Å²) in [5.74, 6) is 1.28. The molecule has 0 fully saturated rings. The molecule has 2 aliphatic rings. The summed E-state index contributed by atoms with van der Waals surface area (Å²) >= 11 is 0. The quantitative estimate of drug-likeness (QED) is 0.742. The zero-order valence-corrected chi connectivity index (χ0v) is 16.2. The average molecular weight is 381 g/mol. The number of hydrazone groups is 1. The lowest BCUT2D eigenvalue weighted by atomic mass is 9.95. The number of carbonyl (C=O) groups excluding carboxylic acids is 1. The first-order valence-electron chi connectivity index (χ1n) is 9.29. The van der Waals surface area contributed by atoms with Crippen molar-refractivity contribution < 1.29 is 19.0 Å². The number of esters is 1. The second-order valence-electron chi connectivity index (χ2n) is 6.55. The van der Waals surface area contributed by atoms with Crippen LogP contribution in [0.5, 0.6) is 11.5 Å². The maximum absolute atomic E-state index is 12.5. The lowest BCUT2D eigenvalue weighted by Crippen LogP contribution is -2.43. The van der Waals surface area contributed by atoms with E-state index in [-0.39, 0.29) is 6.17 Å². The van der Waals surface area contributed by atoms with Gasteiger partial charge in [-0.1, -0.05) is 18.2 Å². The lowest BCUT2D eigenvalue weighted by Gasteiger charge is -2.37. The molecule has 0 amide bonds. The van der Waals surface area contributed by atoms with Crippen LogP contribution in [0.2, 0.25) is 0 Å². The van der Waals surface area contributed by atoms with Crippen LogP contribution in [-0.2, 0) is 16.0 Å². The molecule has 28 heavy (non-hydrogen) atoms. The largest absolute Gasteiger partial charge is 0.493 e. The first-order valence-corrected chi connectivity index (χ1v) is 9.29. The summed E-state index contributed by atoms with van der Waals surface area (Å²) in [5.41, 5.74) is 3.09. The molecule has 0 saturated carbocycles. The highest BCUT2D eigenvalue weighted by Gasteiger charge is 2.43. The van der Waals surface area contributed by atoms with Crippen LogP contribution >= 0.6 is 0 Å². The molecule has 1 atom stereocenters. The minimum atomic E-state index is -0.408. The predicted octanol–water partition coefficient (Wildman–Crippen LogP) is 2.96. The molecule has 1 unspecified atom stereocenters. The number of hydrogen-bond acceptors (Lipinski definition) is 7. The predicted molar refractivity (Wildman–Crippen MR) is 106 cm³/mol. The van der Waals surface area contributed by atoms with Crippen LogP contribution in [0, 0.1) is 0 Å². The first kappa shape index (κ1) is 18.2. The lowest BCUT2D eigenvalue weighted by molar-refractivity contribution is -0.135. The van der Waals surface area contributed by atoms with Gasteiger partial charge < -0.3 is 19.1 Å². The fraction of sp³-hybridized carbons (Fsp3) is 0.333. The SMILES string of the molecule is CCOC(=O)C1=NN(c2ccccc2)C2c3cc(OC)c(OC)cc3CCN12. The van der Waals surface area contributed by atoms with Crippen LogP contribution in [0.25, 0.3) is 0 Å². The van der Waals surface area contributed by atoms with Gasteiger partial charge in [0.05, 0.1) is 26.5 Å². The summed E-state index contributed by atoms with van der Waals surface area (Å²) in [5, 5.41) is 6.52. The number of fused-ring (bicyclic) bond motifs is 3.